The van der Waals surface area contributed by atoms with E-state index in [1.165, 1.54) is 14.1 Å². The molecule has 0 amide bonds. The minimum absolute atomic E-state index is 0.0115. The van der Waals surface area contributed by atoms with Crippen molar-refractivity contribution in [2.24, 2.45) is 14.1 Å². The number of rotatable bonds is 2. The smallest absolute Gasteiger partial charge is 0.392 e. The Balaban J connectivity index is 2.21. The van der Waals surface area contributed by atoms with E-state index in [4.69, 9.17) is 9.47 Å². The normalized spacial score (nSPS) is 10.4. The van der Waals surface area contributed by atoms with Gasteiger partial charge in [0.2, 0.25) is 0 Å². The maximum atomic E-state index is 11.8. The number of hydrogen-bond donors (Lipinski definition) is 0. The van der Waals surface area contributed by atoms with Crippen LogP contribution in [0.25, 0.3) is 0 Å². The average Bonchev–Trinajstić information content (AvgIpc) is 2.42. The van der Waals surface area contributed by atoms with Crippen LogP contribution in [0.2, 0.25) is 0 Å². The van der Waals surface area contributed by atoms with E-state index in [-0.39, 0.29) is 11.5 Å². The molecule has 0 unspecified atom stereocenters. The number of hydrogen-bond acceptors (Lipinski definition) is 7. The third-order valence-corrected chi connectivity index (χ3v) is 2.85. The number of carbonyl (C=O) groups excluding carboxylic acids is 1. The van der Waals surface area contributed by atoms with Gasteiger partial charge in [-0.15, -0.1) is 0 Å². The highest BCUT2D eigenvalue weighted by Gasteiger charge is 2.15. The van der Waals surface area contributed by atoms with Crippen LogP contribution in [0.4, 0.5) is 4.79 Å². The lowest BCUT2D eigenvalue weighted by atomic mass is 10.4. The van der Waals surface area contributed by atoms with Crippen LogP contribution in [0.5, 0.6) is 11.5 Å². The van der Waals surface area contributed by atoms with Crippen molar-refractivity contribution in [2.45, 2.75) is 13.8 Å². The Morgan fingerprint density at radius 3 is 1.64 bits per heavy atom. The third kappa shape index (κ3) is 3.19. The first kappa shape index (κ1) is 15.4. The minimum Gasteiger partial charge on any atom is -0.392 e. The molecule has 0 atom stereocenters. The Morgan fingerprint density at radius 2 is 1.27 bits per heavy atom. The number of aromatic nitrogens is 4. The molecule has 0 saturated carbocycles. The standard InChI is InChI=1S/C13H14N4O5/c1-7-9(5-11(18)16(3)14-7)21-13(20)22-10-6-12(19)17(4)15-8(10)2/h5-6H,1-4H3. The van der Waals surface area contributed by atoms with Gasteiger partial charge in [0, 0.05) is 26.2 Å². The van der Waals surface area contributed by atoms with Crippen molar-refractivity contribution in [2.75, 3.05) is 0 Å². The summed E-state index contributed by atoms with van der Waals surface area (Å²) in [5.74, 6) is -0.0231. The van der Waals surface area contributed by atoms with Crippen molar-refractivity contribution in [3.05, 3.63) is 44.2 Å². The molecule has 116 valence electrons. The highest BCUT2D eigenvalue weighted by Crippen LogP contribution is 2.15. The number of nitrogens with zero attached hydrogens (tertiary/aromatic N) is 4. The number of aryl methyl sites for hydroxylation is 4. The monoisotopic (exact) mass is 306 g/mol. The van der Waals surface area contributed by atoms with Crippen LogP contribution in [-0.4, -0.2) is 25.7 Å². The zero-order valence-corrected chi connectivity index (χ0v) is 12.5. The van der Waals surface area contributed by atoms with Gasteiger partial charge in [-0.25, -0.2) is 14.2 Å². The van der Waals surface area contributed by atoms with E-state index in [0.717, 1.165) is 21.5 Å². The minimum atomic E-state index is -1.09. The van der Waals surface area contributed by atoms with Gasteiger partial charge in [0.25, 0.3) is 11.1 Å². The summed E-state index contributed by atoms with van der Waals surface area (Å²) in [6.45, 7) is 3.15. The van der Waals surface area contributed by atoms with Gasteiger partial charge >= 0.3 is 6.16 Å². The lowest BCUT2D eigenvalue weighted by Gasteiger charge is -2.09. The summed E-state index contributed by atoms with van der Waals surface area (Å²) in [4.78, 5) is 34.7. The molecule has 0 aliphatic carbocycles. The molecule has 22 heavy (non-hydrogen) atoms. The van der Waals surface area contributed by atoms with E-state index in [1.54, 1.807) is 13.8 Å². The van der Waals surface area contributed by atoms with Crippen LogP contribution in [-0.2, 0) is 14.1 Å². The SMILES string of the molecule is Cc1nn(C)c(=O)cc1OC(=O)Oc1cc(=O)n(C)nc1C. The highest BCUT2D eigenvalue weighted by atomic mass is 16.7. The van der Waals surface area contributed by atoms with Gasteiger partial charge in [-0.2, -0.15) is 10.2 Å². The molecule has 0 N–H and O–H groups in total. The molecule has 9 nitrogen and oxygen atoms in total. The maximum absolute atomic E-state index is 11.8. The molecule has 0 spiro atoms. The van der Waals surface area contributed by atoms with E-state index >= 15 is 0 Å². The van der Waals surface area contributed by atoms with Gasteiger partial charge in [-0.3, -0.25) is 9.59 Å². The molecule has 2 aromatic rings. The molecule has 2 aromatic heterocycles. The molecular formula is C13H14N4O5. The van der Waals surface area contributed by atoms with Gasteiger partial charge in [-0.05, 0) is 13.8 Å². The van der Waals surface area contributed by atoms with Crippen molar-refractivity contribution in [1.82, 2.24) is 19.6 Å². The van der Waals surface area contributed by atoms with Crippen molar-refractivity contribution in [3.63, 3.8) is 0 Å². The average molecular weight is 306 g/mol. The fraction of sp³-hybridized carbons (Fsp3) is 0.308. The van der Waals surface area contributed by atoms with Gasteiger partial charge < -0.3 is 9.47 Å². The van der Waals surface area contributed by atoms with Gasteiger partial charge in [0.05, 0.1) is 0 Å². The molecule has 0 bridgehead atoms. The van der Waals surface area contributed by atoms with Crippen LogP contribution in [0.3, 0.4) is 0 Å². The zero-order chi connectivity index (χ0) is 16.4. The quantitative estimate of drug-likeness (QED) is 0.723. The molecule has 0 saturated heterocycles. The topological polar surface area (TPSA) is 105 Å². The summed E-state index contributed by atoms with van der Waals surface area (Å²) in [6.07, 6.45) is -1.09. The lowest BCUT2D eigenvalue weighted by Crippen LogP contribution is -2.24. The summed E-state index contributed by atoms with van der Waals surface area (Å²) in [5.41, 5.74) is -0.171. The van der Waals surface area contributed by atoms with E-state index in [2.05, 4.69) is 10.2 Å². The molecule has 0 radical (unpaired) electrons. The van der Waals surface area contributed by atoms with Crippen molar-refractivity contribution < 1.29 is 14.3 Å². The second-order valence-corrected chi connectivity index (χ2v) is 4.57. The molecular weight excluding hydrogens is 292 g/mol. The lowest BCUT2D eigenvalue weighted by molar-refractivity contribution is 0.150. The van der Waals surface area contributed by atoms with Crippen molar-refractivity contribution in [3.8, 4) is 11.5 Å². The first-order chi connectivity index (χ1) is 10.3. The number of carbonyl (C=O) groups is 1. The van der Waals surface area contributed by atoms with Gasteiger partial charge in [0.1, 0.15) is 11.4 Å². The van der Waals surface area contributed by atoms with Crippen molar-refractivity contribution >= 4 is 6.16 Å². The van der Waals surface area contributed by atoms with Crippen LogP contribution in [0.1, 0.15) is 11.4 Å². The van der Waals surface area contributed by atoms with Crippen molar-refractivity contribution in [1.29, 1.82) is 0 Å². The summed E-state index contributed by atoms with van der Waals surface area (Å²) in [7, 11) is 2.96. The number of ether oxygens (including phenoxy) is 2. The fourth-order valence-electron chi connectivity index (χ4n) is 1.67. The maximum Gasteiger partial charge on any atom is 0.519 e. The van der Waals surface area contributed by atoms with E-state index in [9.17, 15) is 14.4 Å². The van der Waals surface area contributed by atoms with Crippen LogP contribution >= 0.6 is 0 Å². The highest BCUT2D eigenvalue weighted by molar-refractivity contribution is 5.67. The van der Waals surface area contributed by atoms with E-state index in [0.29, 0.717) is 11.4 Å². The molecule has 0 fully saturated rings. The Hall–Kier alpha value is -2.97. The van der Waals surface area contributed by atoms with Gasteiger partial charge in [0.15, 0.2) is 11.5 Å². The molecule has 0 aliphatic heterocycles. The Kier molecular flexibility index (Phi) is 4.06. The Morgan fingerprint density at radius 1 is 0.909 bits per heavy atom. The van der Waals surface area contributed by atoms with Crippen LogP contribution in [0, 0.1) is 13.8 Å². The fourth-order valence-corrected chi connectivity index (χ4v) is 1.67. The summed E-state index contributed by atoms with van der Waals surface area (Å²) < 4.78 is 12.1. The van der Waals surface area contributed by atoms with Crippen LogP contribution < -0.4 is 20.6 Å². The summed E-state index contributed by atoms with van der Waals surface area (Å²) >= 11 is 0. The second-order valence-electron chi connectivity index (χ2n) is 4.57. The molecule has 2 rings (SSSR count). The molecule has 0 aromatic carbocycles. The zero-order valence-electron chi connectivity index (χ0n) is 12.5. The predicted molar refractivity (Wildman–Crippen MR) is 75.1 cm³/mol. The summed E-state index contributed by atoms with van der Waals surface area (Å²) in [6, 6.07) is 2.25. The second kappa shape index (κ2) is 5.80. The van der Waals surface area contributed by atoms with E-state index < -0.39 is 17.3 Å². The van der Waals surface area contributed by atoms with E-state index in [1.807, 2.05) is 0 Å². The molecule has 0 aliphatic rings. The Bertz CT molecular complexity index is 783. The molecule has 9 heteroatoms. The predicted octanol–water partition coefficient (Wildman–Crippen LogP) is 0.0686. The largest absolute Gasteiger partial charge is 0.519 e. The third-order valence-electron chi connectivity index (χ3n) is 2.85. The first-order valence-electron chi connectivity index (χ1n) is 6.27. The molecule has 2 heterocycles. The first-order valence-corrected chi connectivity index (χ1v) is 6.27. The Labute approximate surface area is 124 Å². The van der Waals surface area contributed by atoms with Crippen LogP contribution in [0.15, 0.2) is 21.7 Å². The summed E-state index contributed by atoms with van der Waals surface area (Å²) in [5, 5.41) is 7.76. The van der Waals surface area contributed by atoms with Gasteiger partial charge in [-0.1, -0.05) is 0 Å².